The van der Waals surface area contributed by atoms with Gasteiger partial charge in [0.05, 0.1) is 0 Å². The van der Waals surface area contributed by atoms with E-state index in [-0.39, 0.29) is 18.0 Å². The van der Waals surface area contributed by atoms with Crippen molar-refractivity contribution in [3.8, 4) is 0 Å². The van der Waals surface area contributed by atoms with Crippen LogP contribution in [0.15, 0.2) is 18.3 Å². The summed E-state index contributed by atoms with van der Waals surface area (Å²) in [6.45, 7) is 2.12. The summed E-state index contributed by atoms with van der Waals surface area (Å²) in [4.78, 5) is 32.5. The molecule has 1 aromatic rings. The molecule has 24 heavy (non-hydrogen) atoms. The van der Waals surface area contributed by atoms with Crippen LogP contribution in [0.5, 0.6) is 0 Å². The number of aromatic nitrogens is 1. The Hall–Kier alpha value is -2.11. The number of amides is 3. The summed E-state index contributed by atoms with van der Waals surface area (Å²) < 4.78 is 0. The zero-order valence-corrected chi connectivity index (χ0v) is 14.7. The number of carbonyl (C=O) groups is 2. The van der Waals surface area contributed by atoms with Crippen LogP contribution in [0, 0.1) is 5.92 Å². The average Bonchev–Trinajstić information content (AvgIpc) is 2.90. The van der Waals surface area contributed by atoms with E-state index < -0.39 is 0 Å². The Labute approximate surface area is 143 Å². The number of likely N-dealkylation sites (tertiary alicyclic amines) is 1. The third-order valence-corrected chi connectivity index (χ3v) is 5.23. The van der Waals surface area contributed by atoms with Crippen LogP contribution in [0.2, 0.25) is 0 Å². The summed E-state index contributed by atoms with van der Waals surface area (Å²) in [5, 5.41) is 2.89. The number of urea groups is 1. The Morgan fingerprint density at radius 3 is 2.79 bits per heavy atom. The Balaban J connectivity index is 1.73. The lowest BCUT2D eigenvalue weighted by Gasteiger charge is -2.33. The molecule has 0 spiro atoms. The molecule has 0 radical (unpaired) electrons. The van der Waals surface area contributed by atoms with Crippen molar-refractivity contribution >= 4 is 17.8 Å². The molecule has 1 N–H and O–H groups in total. The molecule has 0 aromatic carbocycles. The molecule has 0 bridgehead atoms. The van der Waals surface area contributed by atoms with E-state index in [0.717, 1.165) is 12.8 Å². The first-order valence-corrected chi connectivity index (χ1v) is 8.74. The molecule has 6 heteroatoms. The predicted molar refractivity (Wildman–Crippen MR) is 92.9 cm³/mol. The minimum atomic E-state index is -0.102. The molecule has 130 valence electrons. The minimum absolute atomic E-state index is 0.0983. The normalized spacial score (nSPS) is 26.0. The second kappa shape index (κ2) is 6.79. The van der Waals surface area contributed by atoms with E-state index in [2.05, 4.69) is 17.2 Å². The fourth-order valence-corrected chi connectivity index (χ4v) is 4.12. The van der Waals surface area contributed by atoms with E-state index in [1.54, 1.807) is 32.4 Å². The second-order valence-corrected chi connectivity index (χ2v) is 7.16. The maximum Gasteiger partial charge on any atom is 0.323 e. The summed E-state index contributed by atoms with van der Waals surface area (Å²) in [5.74, 6) is 0.961. The molecule has 3 atom stereocenters. The van der Waals surface area contributed by atoms with Crippen LogP contribution in [0.4, 0.5) is 10.6 Å². The van der Waals surface area contributed by atoms with Crippen molar-refractivity contribution in [1.29, 1.82) is 0 Å². The molecule has 2 fully saturated rings. The number of fused-ring (bicyclic) bond motifs is 1. The van der Waals surface area contributed by atoms with Crippen LogP contribution in [0.25, 0.3) is 0 Å². The lowest BCUT2D eigenvalue weighted by Crippen LogP contribution is -2.44. The number of carbonyl (C=O) groups excluding carboxylic acids is 2. The first-order chi connectivity index (χ1) is 11.5. The van der Waals surface area contributed by atoms with Gasteiger partial charge in [-0.25, -0.2) is 9.78 Å². The summed E-state index contributed by atoms with van der Waals surface area (Å²) >= 11 is 0. The second-order valence-electron chi connectivity index (χ2n) is 7.16. The van der Waals surface area contributed by atoms with E-state index >= 15 is 0 Å². The SMILES string of the molecule is C[C@@H]1C[C@@H]2CCCC[C@@H]2N1C(=O)Nc1cc(C(=O)N(C)C)ccn1. The van der Waals surface area contributed by atoms with Gasteiger partial charge in [0.2, 0.25) is 0 Å². The van der Waals surface area contributed by atoms with Crippen molar-refractivity contribution in [2.24, 2.45) is 5.92 Å². The van der Waals surface area contributed by atoms with Gasteiger partial charge in [-0.2, -0.15) is 0 Å². The summed E-state index contributed by atoms with van der Waals surface area (Å²) in [5.41, 5.74) is 0.523. The van der Waals surface area contributed by atoms with Crippen LogP contribution in [0.1, 0.15) is 49.4 Å². The van der Waals surface area contributed by atoms with Gasteiger partial charge in [0.15, 0.2) is 0 Å². The maximum absolute atomic E-state index is 12.8. The molecule has 6 nitrogen and oxygen atoms in total. The largest absolute Gasteiger partial charge is 0.345 e. The van der Waals surface area contributed by atoms with Gasteiger partial charge in [-0.15, -0.1) is 0 Å². The molecular weight excluding hydrogens is 304 g/mol. The average molecular weight is 330 g/mol. The fourth-order valence-electron chi connectivity index (χ4n) is 4.12. The minimum Gasteiger partial charge on any atom is -0.345 e. The molecule has 1 saturated heterocycles. The molecule has 0 unspecified atom stereocenters. The van der Waals surface area contributed by atoms with Gasteiger partial charge in [0, 0.05) is 37.9 Å². The highest BCUT2D eigenvalue weighted by Gasteiger charge is 2.42. The molecular formula is C18H26N4O2. The smallest absolute Gasteiger partial charge is 0.323 e. The lowest BCUT2D eigenvalue weighted by molar-refractivity contribution is 0.0827. The van der Waals surface area contributed by atoms with Crippen molar-refractivity contribution in [3.63, 3.8) is 0 Å². The van der Waals surface area contributed by atoms with Gasteiger partial charge < -0.3 is 9.80 Å². The number of anilines is 1. The Morgan fingerprint density at radius 2 is 2.04 bits per heavy atom. The zero-order valence-electron chi connectivity index (χ0n) is 14.7. The highest BCUT2D eigenvalue weighted by Crippen LogP contribution is 2.39. The van der Waals surface area contributed by atoms with Crippen molar-refractivity contribution in [3.05, 3.63) is 23.9 Å². The number of rotatable bonds is 2. The molecule has 1 aliphatic carbocycles. The van der Waals surface area contributed by atoms with Crippen LogP contribution in [-0.4, -0.2) is 52.9 Å². The van der Waals surface area contributed by atoms with Crippen molar-refractivity contribution in [2.75, 3.05) is 19.4 Å². The van der Waals surface area contributed by atoms with Crippen molar-refractivity contribution < 1.29 is 9.59 Å². The van der Waals surface area contributed by atoms with E-state index in [1.165, 1.54) is 24.2 Å². The first-order valence-electron chi connectivity index (χ1n) is 8.74. The topological polar surface area (TPSA) is 65.5 Å². The number of hydrogen-bond donors (Lipinski definition) is 1. The summed E-state index contributed by atoms with van der Waals surface area (Å²) in [7, 11) is 3.41. The number of pyridine rings is 1. The van der Waals surface area contributed by atoms with E-state index in [9.17, 15) is 9.59 Å². The van der Waals surface area contributed by atoms with Gasteiger partial charge in [-0.05, 0) is 44.2 Å². The Morgan fingerprint density at radius 1 is 1.29 bits per heavy atom. The van der Waals surface area contributed by atoms with Crippen LogP contribution < -0.4 is 5.32 Å². The first kappa shape index (κ1) is 16.7. The van der Waals surface area contributed by atoms with Crippen LogP contribution in [-0.2, 0) is 0 Å². The third kappa shape index (κ3) is 3.23. The third-order valence-electron chi connectivity index (χ3n) is 5.23. The number of nitrogens with zero attached hydrogens (tertiary/aromatic N) is 3. The molecule has 1 aromatic heterocycles. The lowest BCUT2D eigenvalue weighted by atomic mass is 9.85. The fraction of sp³-hybridized carbons (Fsp3) is 0.611. The van der Waals surface area contributed by atoms with E-state index in [1.807, 2.05) is 4.90 Å². The maximum atomic E-state index is 12.8. The van der Waals surface area contributed by atoms with Gasteiger partial charge in [-0.3, -0.25) is 10.1 Å². The number of hydrogen-bond acceptors (Lipinski definition) is 3. The Kier molecular flexibility index (Phi) is 4.73. The molecule has 2 heterocycles. The number of nitrogens with one attached hydrogen (secondary N) is 1. The molecule has 3 amide bonds. The quantitative estimate of drug-likeness (QED) is 0.906. The monoisotopic (exact) mass is 330 g/mol. The highest BCUT2D eigenvalue weighted by molar-refractivity contribution is 5.96. The van der Waals surface area contributed by atoms with Gasteiger partial charge in [-0.1, -0.05) is 12.8 Å². The van der Waals surface area contributed by atoms with Crippen molar-refractivity contribution in [1.82, 2.24) is 14.8 Å². The van der Waals surface area contributed by atoms with Crippen molar-refractivity contribution in [2.45, 2.75) is 51.1 Å². The highest BCUT2D eigenvalue weighted by atomic mass is 16.2. The zero-order chi connectivity index (χ0) is 17.3. The summed E-state index contributed by atoms with van der Waals surface area (Å²) in [6.07, 6.45) is 7.44. The standard InChI is InChI=1S/C18H26N4O2/c1-12-10-13-6-4-5-7-15(13)22(12)18(24)20-16-11-14(8-9-19-16)17(23)21(2)3/h8-9,11-13,15H,4-7,10H2,1-3H3,(H,19,20,24)/t12-,13+,15+/m1/s1. The van der Waals surface area contributed by atoms with Crippen LogP contribution in [0.3, 0.4) is 0 Å². The van der Waals surface area contributed by atoms with Gasteiger partial charge >= 0.3 is 6.03 Å². The predicted octanol–water partition coefficient (Wildman–Crippen LogP) is 2.97. The van der Waals surface area contributed by atoms with E-state index in [4.69, 9.17) is 0 Å². The van der Waals surface area contributed by atoms with Crippen LogP contribution >= 0.6 is 0 Å². The van der Waals surface area contributed by atoms with E-state index in [0.29, 0.717) is 23.3 Å². The molecule has 1 aliphatic heterocycles. The summed E-state index contributed by atoms with van der Waals surface area (Å²) in [6, 6.07) is 3.80. The molecule has 2 aliphatic rings. The Bertz CT molecular complexity index is 631. The molecule has 1 saturated carbocycles. The van der Waals surface area contributed by atoms with Gasteiger partial charge in [0.1, 0.15) is 5.82 Å². The molecule has 3 rings (SSSR count). The van der Waals surface area contributed by atoms with Gasteiger partial charge in [0.25, 0.3) is 5.91 Å².